The zero-order valence-corrected chi connectivity index (χ0v) is 9.22. The van der Waals surface area contributed by atoms with E-state index in [1.165, 1.54) is 12.1 Å². The molecule has 0 amide bonds. The molecule has 0 bridgehead atoms. The van der Waals surface area contributed by atoms with Gasteiger partial charge in [0.1, 0.15) is 5.84 Å². The van der Waals surface area contributed by atoms with Crippen molar-refractivity contribution in [2.24, 2.45) is 4.99 Å². The van der Waals surface area contributed by atoms with Gasteiger partial charge in [-0.05, 0) is 18.2 Å². The van der Waals surface area contributed by atoms with E-state index < -0.39 is 24.3 Å². The first-order chi connectivity index (χ1) is 8.46. The highest BCUT2D eigenvalue weighted by Crippen LogP contribution is 2.22. The second-order valence-corrected chi connectivity index (χ2v) is 3.71. The minimum atomic E-state index is -4.48. The van der Waals surface area contributed by atoms with Crippen molar-refractivity contribution in [3.63, 3.8) is 0 Å². The zero-order chi connectivity index (χ0) is 13.2. The van der Waals surface area contributed by atoms with Crippen LogP contribution in [0.15, 0.2) is 23.2 Å². The lowest BCUT2D eigenvalue weighted by molar-refractivity contribution is -0.153. The molecule has 0 aliphatic carbocycles. The summed E-state index contributed by atoms with van der Waals surface area (Å²) in [5.41, 5.74) is 0.490. The minimum absolute atomic E-state index is 0.422. The fraction of sp³-hybridized carbons (Fsp3) is 0.364. The SMILES string of the molecule is Fc1cc(C2=NCCN2)ccc1OCC(F)(F)F. The van der Waals surface area contributed by atoms with E-state index in [0.717, 1.165) is 6.07 Å². The number of ether oxygens (including phenoxy) is 1. The molecule has 0 unspecified atom stereocenters. The van der Waals surface area contributed by atoms with Gasteiger partial charge in [-0.2, -0.15) is 13.2 Å². The predicted octanol–water partition coefficient (Wildman–Crippen LogP) is 2.12. The number of nitrogens with one attached hydrogen (secondary N) is 1. The quantitative estimate of drug-likeness (QED) is 0.846. The molecule has 1 N–H and O–H groups in total. The van der Waals surface area contributed by atoms with Crippen LogP contribution in [-0.2, 0) is 0 Å². The Bertz CT molecular complexity index is 471. The summed E-state index contributed by atoms with van der Waals surface area (Å²) in [5, 5.41) is 2.94. The molecule has 1 aromatic rings. The van der Waals surface area contributed by atoms with Crippen LogP contribution in [0.2, 0.25) is 0 Å². The number of hydrogen-bond acceptors (Lipinski definition) is 3. The lowest BCUT2D eigenvalue weighted by Gasteiger charge is -2.10. The number of alkyl halides is 3. The maximum Gasteiger partial charge on any atom is 0.422 e. The van der Waals surface area contributed by atoms with Crippen LogP contribution >= 0.6 is 0 Å². The summed E-state index contributed by atoms with van der Waals surface area (Å²) < 4.78 is 53.6. The third-order valence-electron chi connectivity index (χ3n) is 2.27. The molecular weight excluding hydrogens is 252 g/mol. The topological polar surface area (TPSA) is 33.6 Å². The summed E-state index contributed by atoms with van der Waals surface area (Å²) in [7, 11) is 0. The lowest BCUT2D eigenvalue weighted by Crippen LogP contribution is -2.21. The van der Waals surface area contributed by atoms with Crippen molar-refractivity contribution in [3.05, 3.63) is 29.6 Å². The Morgan fingerprint density at radius 2 is 2.11 bits per heavy atom. The molecule has 2 rings (SSSR count). The Hall–Kier alpha value is -1.79. The fourth-order valence-corrected chi connectivity index (χ4v) is 1.52. The summed E-state index contributed by atoms with van der Waals surface area (Å²) in [6.07, 6.45) is -4.48. The maximum atomic E-state index is 13.5. The summed E-state index contributed by atoms with van der Waals surface area (Å²) in [4.78, 5) is 4.08. The Labute approximate surface area is 100 Å². The van der Waals surface area contributed by atoms with Crippen molar-refractivity contribution < 1.29 is 22.3 Å². The summed E-state index contributed by atoms with van der Waals surface area (Å²) in [5.74, 6) is -0.723. The smallest absolute Gasteiger partial charge is 0.422 e. The first-order valence-corrected chi connectivity index (χ1v) is 5.23. The van der Waals surface area contributed by atoms with Crippen LogP contribution in [-0.4, -0.2) is 31.7 Å². The number of benzene rings is 1. The van der Waals surface area contributed by atoms with Gasteiger partial charge >= 0.3 is 6.18 Å². The van der Waals surface area contributed by atoms with Gasteiger partial charge in [0.05, 0.1) is 6.54 Å². The Morgan fingerprint density at radius 3 is 2.67 bits per heavy atom. The number of amidine groups is 1. The number of aliphatic imine (C=N–C) groups is 1. The maximum absolute atomic E-state index is 13.5. The number of hydrogen-bond donors (Lipinski definition) is 1. The fourth-order valence-electron chi connectivity index (χ4n) is 1.52. The van der Waals surface area contributed by atoms with Crippen molar-refractivity contribution >= 4 is 5.84 Å². The molecule has 0 aromatic heterocycles. The molecule has 18 heavy (non-hydrogen) atoms. The molecule has 0 fully saturated rings. The second kappa shape index (κ2) is 4.83. The van der Waals surface area contributed by atoms with Crippen LogP contribution in [0.1, 0.15) is 5.56 Å². The van der Waals surface area contributed by atoms with E-state index in [0.29, 0.717) is 24.5 Å². The van der Waals surface area contributed by atoms with Crippen LogP contribution in [0.25, 0.3) is 0 Å². The highest BCUT2D eigenvalue weighted by Gasteiger charge is 2.29. The van der Waals surface area contributed by atoms with E-state index in [1.807, 2.05) is 0 Å². The van der Waals surface area contributed by atoms with Gasteiger partial charge in [0.15, 0.2) is 18.2 Å². The van der Waals surface area contributed by atoms with Crippen molar-refractivity contribution in [3.8, 4) is 5.75 Å². The van der Waals surface area contributed by atoms with Crippen molar-refractivity contribution in [2.45, 2.75) is 6.18 Å². The van der Waals surface area contributed by atoms with Crippen LogP contribution in [0.3, 0.4) is 0 Å². The first-order valence-electron chi connectivity index (χ1n) is 5.23. The van der Waals surface area contributed by atoms with Gasteiger partial charge in [-0.15, -0.1) is 0 Å². The van der Waals surface area contributed by atoms with E-state index in [1.54, 1.807) is 0 Å². The third kappa shape index (κ3) is 3.12. The van der Waals surface area contributed by atoms with Crippen molar-refractivity contribution in [1.29, 1.82) is 0 Å². The number of rotatable bonds is 3. The van der Waals surface area contributed by atoms with Crippen LogP contribution in [0.5, 0.6) is 5.75 Å². The second-order valence-electron chi connectivity index (χ2n) is 3.71. The van der Waals surface area contributed by atoms with E-state index in [9.17, 15) is 17.6 Å². The van der Waals surface area contributed by atoms with Gasteiger partial charge in [0.2, 0.25) is 0 Å². The minimum Gasteiger partial charge on any atom is -0.481 e. The molecule has 0 saturated heterocycles. The summed E-state index contributed by atoms with van der Waals surface area (Å²) in [6, 6.07) is 3.73. The van der Waals surface area contributed by atoms with Gasteiger partial charge in [-0.25, -0.2) is 4.39 Å². The van der Waals surface area contributed by atoms with Gasteiger partial charge in [-0.1, -0.05) is 0 Å². The number of halogens is 4. The predicted molar refractivity (Wildman–Crippen MR) is 57.4 cm³/mol. The van der Waals surface area contributed by atoms with Crippen LogP contribution < -0.4 is 10.1 Å². The normalized spacial score (nSPS) is 15.2. The molecule has 0 spiro atoms. The van der Waals surface area contributed by atoms with Crippen molar-refractivity contribution in [2.75, 3.05) is 19.7 Å². The average Bonchev–Trinajstić information content (AvgIpc) is 2.79. The van der Waals surface area contributed by atoms with Gasteiger partial charge in [-0.3, -0.25) is 4.99 Å². The molecule has 1 aliphatic heterocycles. The van der Waals surface area contributed by atoms with Gasteiger partial charge < -0.3 is 10.1 Å². The van der Waals surface area contributed by atoms with Crippen LogP contribution in [0.4, 0.5) is 17.6 Å². The highest BCUT2D eigenvalue weighted by atomic mass is 19.4. The Kier molecular flexibility index (Phi) is 3.40. The van der Waals surface area contributed by atoms with E-state index in [2.05, 4.69) is 15.0 Å². The van der Waals surface area contributed by atoms with Gasteiger partial charge in [0, 0.05) is 12.1 Å². The largest absolute Gasteiger partial charge is 0.481 e. The summed E-state index contributed by atoms with van der Waals surface area (Å²) in [6.45, 7) is -0.241. The third-order valence-corrected chi connectivity index (χ3v) is 2.27. The van der Waals surface area contributed by atoms with Gasteiger partial charge in [0.25, 0.3) is 0 Å². The lowest BCUT2D eigenvalue weighted by atomic mass is 10.2. The molecule has 0 atom stereocenters. The molecule has 0 radical (unpaired) electrons. The first kappa shape index (κ1) is 12.7. The Morgan fingerprint density at radius 1 is 1.33 bits per heavy atom. The van der Waals surface area contributed by atoms with E-state index >= 15 is 0 Å². The standard InChI is InChI=1S/C11H10F4N2O/c12-8-5-7(10-16-3-4-17-10)1-2-9(8)18-6-11(13,14)15/h1-2,5H,3-4,6H2,(H,16,17). The number of nitrogens with zero attached hydrogens (tertiary/aromatic N) is 1. The molecule has 1 aromatic carbocycles. The van der Waals surface area contributed by atoms with Crippen LogP contribution in [0, 0.1) is 5.82 Å². The van der Waals surface area contributed by atoms with E-state index in [-0.39, 0.29) is 0 Å². The molecule has 1 heterocycles. The highest BCUT2D eigenvalue weighted by molar-refractivity contribution is 5.99. The zero-order valence-electron chi connectivity index (χ0n) is 9.22. The van der Waals surface area contributed by atoms with Crippen molar-refractivity contribution in [1.82, 2.24) is 5.32 Å². The molecule has 7 heteroatoms. The van der Waals surface area contributed by atoms with E-state index in [4.69, 9.17) is 0 Å². The molecule has 1 aliphatic rings. The summed E-state index contributed by atoms with van der Waals surface area (Å²) >= 11 is 0. The molecular formula is C11H10F4N2O. The monoisotopic (exact) mass is 262 g/mol. The molecule has 3 nitrogen and oxygen atoms in total. The molecule has 0 saturated carbocycles. The Balaban J connectivity index is 2.10. The average molecular weight is 262 g/mol. The molecule has 98 valence electrons.